The minimum Gasteiger partial charge on any atom is -0.495 e. The van der Waals surface area contributed by atoms with Crippen molar-refractivity contribution < 1.29 is 13.9 Å². The molecule has 0 aliphatic heterocycles. The Bertz CT molecular complexity index is 662. The van der Waals surface area contributed by atoms with Gasteiger partial charge in [-0.3, -0.25) is 4.79 Å². The number of nitrogens with one attached hydrogen (secondary N) is 1. The van der Waals surface area contributed by atoms with E-state index >= 15 is 0 Å². The molecule has 0 heterocycles. The van der Waals surface area contributed by atoms with Gasteiger partial charge in [0.05, 0.1) is 17.8 Å². The van der Waals surface area contributed by atoms with E-state index in [-0.39, 0.29) is 11.3 Å². The van der Waals surface area contributed by atoms with Crippen LogP contribution in [-0.4, -0.2) is 13.0 Å². The number of rotatable bonds is 3. The van der Waals surface area contributed by atoms with Gasteiger partial charge < -0.3 is 15.8 Å². The van der Waals surface area contributed by atoms with Gasteiger partial charge in [-0.1, -0.05) is 11.6 Å². The highest BCUT2D eigenvalue weighted by Gasteiger charge is 2.10. The third-order valence-electron chi connectivity index (χ3n) is 2.67. The van der Waals surface area contributed by atoms with E-state index in [9.17, 15) is 9.18 Å². The molecule has 104 valence electrons. The van der Waals surface area contributed by atoms with E-state index in [2.05, 4.69) is 5.32 Å². The number of halogens is 2. The van der Waals surface area contributed by atoms with Crippen LogP contribution in [0.2, 0.25) is 5.02 Å². The lowest BCUT2D eigenvalue weighted by Gasteiger charge is -2.08. The zero-order valence-electron chi connectivity index (χ0n) is 10.6. The topological polar surface area (TPSA) is 64.3 Å². The maximum absolute atomic E-state index is 13.3. The molecule has 0 radical (unpaired) electrons. The normalized spacial score (nSPS) is 10.2. The highest BCUT2D eigenvalue weighted by atomic mass is 35.5. The summed E-state index contributed by atoms with van der Waals surface area (Å²) in [5.74, 6) is -0.584. The standard InChI is InChI=1S/C14H12ClFN2O2/c1-20-13-5-3-9(7-10(13)15)18-14(19)8-2-4-12(17)11(16)6-8/h2-7H,17H2,1H3,(H,18,19). The molecule has 0 aliphatic rings. The van der Waals surface area contributed by atoms with Crippen LogP contribution >= 0.6 is 11.6 Å². The molecule has 0 unspecified atom stereocenters. The predicted octanol–water partition coefficient (Wildman–Crippen LogP) is 3.32. The van der Waals surface area contributed by atoms with Crippen molar-refractivity contribution in [1.82, 2.24) is 0 Å². The van der Waals surface area contributed by atoms with E-state index in [1.165, 1.54) is 19.2 Å². The summed E-state index contributed by atoms with van der Waals surface area (Å²) in [6, 6.07) is 8.67. The largest absolute Gasteiger partial charge is 0.495 e. The number of hydrogen-bond acceptors (Lipinski definition) is 3. The number of benzene rings is 2. The van der Waals surface area contributed by atoms with Crippen LogP contribution in [0.25, 0.3) is 0 Å². The van der Waals surface area contributed by atoms with Crippen LogP contribution in [0.1, 0.15) is 10.4 Å². The zero-order valence-corrected chi connectivity index (χ0v) is 11.4. The van der Waals surface area contributed by atoms with Crippen LogP contribution in [0.4, 0.5) is 15.8 Å². The van der Waals surface area contributed by atoms with E-state index < -0.39 is 11.7 Å². The Kier molecular flexibility index (Phi) is 4.10. The van der Waals surface area contributed by atoms with Crippen molar-refractivity contribution in [1.29, 1.82) is 0 Å². The van der Waals surface area contributed by atoms with Crippen LogP contribution in [0, 0.1) is 5.82 Å². The Hall–Kier alpha value is -2.27. The molecule has 2 rings (SSSR count). The minimum absolute atomic E-state index is 0.00552. The van der Waals surface area contributed by atoms with Gasteiger partial charge in [0.25, 0.3) is 5.91 Å². The molecule has 0 saturated carbocycles. The van der Waals surface area contributed by atoms with Crippen molar-refractivity contribution >= 4 is 28.9 Å². The van der Waals surface area contributed by atoms with Gasteiger partial charge in [0.15, 0.2) is 0 Å². The lowest BCUT2D eigenvalue weighted by molar-refractivity contribution is 0.102. The number of nitrogen functional groups attached to an aromatic ring is 1. The molecule has 4 nitrogen and oxygen atoms in total. The van der Waals surface area contributed by atoms with E-state index in [1.54, 1.807) is 18.2 Å². The average molecular weight is 295 g/mol. The lowest BCUT2D eigenvalue weighted by Crippen LogP contribution is -2.12. The lowest BCUT2D eigenvalue weighted by atomic mass is 10.2. The Labute approximate surface area is 120 Å². The van der Waals surface area contributed by atoms with Crippen LogP contribution in [0.3, 0.4) is 0 Å². The number of carbonyl (C=O) groups excluding carboxylic acids is 1. The molecule has 0 atom stereocenters. The Balaban J connectivity index is 2.19. The van der Waals surface area contributed by atoms with Crippen molar-refractivity contribution in [3.63, 3.8) is 0 Å². The number of ether oxygens (including phenoxy) is 1. The first-order chi connectivity index (χ1) is 9.51. The Morgan fingerprint density at radius 3 is 2.65 bits per heavy atom. The molecule has 0 saturated heterocycles. The molecule has 2 aromatic rings. The molecule has 6 heteroatoms. The third kappa shape index (κ3) is 3.00. The van der Waals surface area contributed by atoms with Gasteiger partial charge >= 0.3 is 0 Å². The molecular weight excluding hydrogens is 283 g/mol. The van der Waals surface area contributed by atoms with Crippen molar-refractivity contribution in [2.75, 3.05) is 18.2 Å². The minimum atomic E-state index is -0.634. The Morgan fingerprint density at radius 1 is 1.30 bits per heavy atom. The SMILES string of the molecule is COc1ccc(NC(=O)c2ccc(N)c(F)c2)cc1Cl. The van der Waals surface area contributed by atoms with Crippen molar-refractivity contribution in [3.05, 3.63) is 52.8 Å². The van der Waals surface area contributed by atoms with Gasteiger partial charge in [0.1, 0.15) is 11.6 Å². The summed E-state index contributed by atoms with van der Waals surface area (Å²) in [6.07, 6.45) is 0. The molecule has 20 heavy (non-hydrogen) atoms. The maximum Gasteiger partial charge on any atom is 0.255 e. The number of carbonyl (C=O) groups is 1. The quantitative estimate of drug-likeness (QED) is 0.854. The summed E-state index contributed by atoms with van der Waals surface area (Å²) in [4.78, 5) is 12.0. The van der Waals surface area contributed by atoms with Gasteiger partial charge in [-0.05, 0) is 36.4 Å². The molecule has 0 fully saturated rings. The summed E-state index contributed by atoms with van der Waals surface area (Å²) in [7, 11) is 1.50. The van der Waals surface area contributed by atoms with Gasteiger partial charge in [-0.2, -0.15) is 0 Å². The summed E-state index contributed by atoms with van der Waals surface area (Å²) < 4.78 is 18.3. The van der Waals surface area contributed by atoms with Crippen molar-refractivity contribution in [3.8, 4) is 5.75 Å². The molecular formula is C14H12ClFN2O2. The summed E-state index contributed by atoms with van der Waals surface area (Å²) in [5, 5.41) is 2.98. The number of nitrogens with two attached hydrogens (primary N) is 1. The number of hydrogen-bond donors (Lipinski definition) is 2. The number of amides is 1. The molecule has 0 aromatic heterocycles. The van der Waals surface area contributed by atoms with Crippen molar-refractivity contribution in [2.45, 2.75) is 0 Å². The molecule has 2 aromatic carbocycles. The fourth-order valence-corrected chi connectivity index (χ4v) is 1.87. The van der Waals surface area contributed by atoms with E-state index in [0.29, 0.717) is 16.5 Å². The first-order valence-electron chi connectivity index (χ1n) is 5.71. The summed E-state index contributed by atoms with van der Waals surface area (Å²) >= 11 is 5.95. The molecule has 0 spiro atoms. The molecule has 1 amide bonds. The summed E-state index contributed by atoms with van der Waals surface area (Å²) in [6.45, 7) is 0. The number of methoxy groups -OCH3 is 1. The van der Waals surface area contributed by atoms with Gasteiger partial charge in [-0.25, -0.2) is 4.39 Å². The average Bonchev–Trinajstić information content (AvgIpc) is 2.42. The van der Waals surface area contributed by atoms with Crippen LogP contribution in [0.5, 0.6) is 5.75 Å². The summed E-state index contributed by atoms with van der Waals surface area (Å²) in [5.41, 5.74) is 6.00. The zero-order chi connectivity index (χ0) is 14.7. The highest BCUT2D eigenvalue weighted by molar-refractivity contribution is 6.32. The molecule has 3 N–H and O–H groups in total. The van der Waals surface area contributed by atoms with Gasteiger partial charge in [-0.15, -0.1) is 0 Å². The first kappa shape index (κ1) is 14.1. The van der Waals surface area contributed by atoms with Crippen LogP contribution in [-0.2, 0) is 0 Å². The van der Waals surface area contributed by atoms with E-state index in [1.807, 2.05) is 0 Å². The molecule has 0 bridgehead atoms. The van der Waals surface area contributed by atoms with Crippen LogP contribution < -0.4 is 15.8 Å². The van der Waals surface area contributed by atoms with Crippen LogP contribution in [0.15, 0.2) is 36.4 Å². The maximum atomic E-state index is 13.3. The molecule has 0 aliphatic carbocycles. The predicted molar refractivity (Wildman–Crippen MR) is 76.8 cm³/mol. The van der Waals surface area contributed by atoms with Gasteiger partial charge in [0.2, 0.25) is 0 Å². The fraction of sp³-hybridized carbons (Fsp3) is 0.0714. The second-order valence-electron chi connectivity index (χ2n) is 4.04. The second kappa shape index (κ2) is 5.79. The Morgan fingerprint density at radius 2 is 2.05 bits per heavy atom. The fourth-order valence-electron chi connectivity index (χ4n) is 1.62. The third-order valence-corrected chi connectivity index (χ3v) is 2.97. The first-order valence-corrected chi connectivity index (χ1v) is 6.09. The smallest absolute Gasteiger partial charge is 0.255 e. The highest BCUT2D eigenvalue weighted by Crippen LogP contribution is 2.27. The monoisotopic (exact) mass is 294 g/mol. The van der Waals surface area contributed by atoms with E-state index in [0.717, 1.165) is 6.07 Å². The van der Waals surface area contributed by atoms with Crippen molar-refractivity contribution in [2.24, 2.45) is 0 Å². The van der Waals surface area contributed by atoms with Gasteiger partial charge in [0, 0.05) is 11.3 Å². The second-order valence-corrected chi connectivity index (χ2v) is 4.45. The number of anilines is 2. The van der Waals surface area contributed by atoms with E-state index in [4.69, 9.17) is 22.1 Å².